The van der Waals surface area contributed by atoms with Crippen LogP contribution < -0.4 is 5.56 Å². The van der Waals surface area contributed by atoms with E-state index in [1.54, 1.807) is 15.6 Å². The zero-order valence-corrected chi connectivity index (χ0v) is 11.4. The minimum absolute atomic E-state index is 0.157. The first-order valence-electron chi connectivity index (χ1n) is 6.53. The summed E-state index contributed by atoms with van der Waals surface area (Å²) in [5, 5.41) is 7.85. The van der Waals surface area contributed by atoms with Crippen molar-refractivity contribution in [3.8, 4) is 0 Å². The summed E-state index contributed by atoms with van der Waals surface area (Å²) >= 11 is 0. The van der Waals surface area contributed by atoms with Gasteiger partial charge < -0.3 is 0 Å². The highest BCUT2D eigenvalue weighted by Gasteiger charge is 2.10. The Bertz CT molecular complexity index is 801. The fourth-order valence-electron chi connectivity index (χ4n) is 2.10. The third-order valence-corrected chi connectivity index (χ3v) is 3.26. The van der Waals surface area contributed by atoms with E-state index in [1.165, 1.54) is 5.56 Å². The first-order chi connectivity index (χ1) is 9.69. The molecule has 0 N–H and O–H groups in total. The van der Waals surface area contributed by atoms with Gasteiger partial charge in [0.2, 0.25) is 0 Å². The summed E-state index contributed by atoms with van der Waals surface area (Å²) in [5.41, 5.74) is 2.96. The van der Waals surface area contributed by atoms with Crippen LogP contribution in [0.3, 0.4) is 0 Å². The predicted molar refractivity (Wildman–Crippen MR) is 75.5 cm³/mol. The van der Waals surface area contributed by atoms with E-state index >= 15 is 0 Å². The molecule has 2 heterocycles. The van der Waals surface area contributed by atoms with Gasteiger partial charge in [-0.25, -0.2) is 9.67 Å². The lowest BCUT2D eigenvalue weighted by molar-refractivity contribution is 0.640. The fraction of sp³-hybridized carbons (Fsp3) is 0.286. The average molecular weight is 269 g/mol. The molecule has 6 nitrogen and oxygen atoms in total. The number of fused-ring (bicyclic) bond motifs is 1. The van der Waals surface area contributed by atoms with Crippen molar-refractivity contribution < 1.29 is 0 Å². The summed E-state index contributed by atoms with van der Waals surface area (Å²) in [6.45, 7) is 5.10. The van der Waals surface area contributed by atoms with Crippen molar-refractivity contribution in [2.75, 3.05) is 0 Å². The lowest BCUT2D eigenvalue weighted by atomic mass is 10.1. The van der Waals surface area contributed by atoms with Crippen LogP contribution in [0, 0.1) is 6.92 Å². The first-order valence-corrected chi connectivity index (χ1v) is 6.53. The standard InChI is InChI=1S/C14H15N5O/c1-3-19-13-12(16-17-19)14(20)18(9-15-13)8-11-6-4-10(2)5-7-11/h4-7,9H,3,8H2,1-2H3. The second-order valence-corrected chi connectivity index (χ2v) is 4.74. The number of aryl methyl sites for hydroxylation is 2. The first kappa shape index (κ1) is 12.5. The molecule has 0 aliphatic carbocycles. The molecule has 0 spiro atoms. The van der Waals surface area contributed by atoms with Gasteiger partial charge in [0.25, 0.3) is 5.56 Å². The van der Waals surface area contributed by atoms with Crippen molar-refractivity contribution in [2.24, 2.45) is 0 Å². The van der Waals surface area contributed by atoms with Gasteiger partial charge in [-0.05, 0) is 19.4 Å². The number of nitrogens with zero attached hydrogens (tertiary/aromatic N) is 5. The van der Waals surface area contributed by atoms with Crippen LogP contribution >= 0.6 is 0 Å². The molecule has 0 radical (unpaired) electrons. The van der Waals surface area contributed by atoms with Gasteiger partial charge >= 0.3 is 0 Å². The van der Waals surface area contributed by atoms with E-state index in [0.717, 1.165) is 5.56 Å². The Morgan fingerprint density at radius 1 is 1.20 bits per heavy atom. The summed E-state index contributed by atoms with van der Waals surface area (Å²) in [5.74, 6) is 0. The van der Waals surface area contributed by atoms with Crippen LogP contribution in [0.1, 0.15) is 18.1 Å². The van der Waals surface area contributed by atoms with Crippen molar-refractivity contribution in [3.05, 3.63) is 52.1 Å². The van der Waals surface area contributed by atoms with E-state index in [4.69, 9.17) is 0 Å². The lowest BCUT2D eigenvalue weighted by Gasteiger charge is -2.05. The molecule has 2 aromatic heterocycles. The number of hydrogen-bond acceptors (Lipinski definition) is 4. The Kier molecular flexibility index (Phi) is 3.06. The van der Waals surface area contributed by atoms with Crippen LogP contribution in [-0.2, 0) is 13.1 Å². The summed E-state index contributed by atoms with van der Waals surface area (Å²) < 4.78 is 3.18. The average Bonchev–Trinajstić information content (AvgIpc) is 2.88. The third-order valence-electron chi connectivity index (χ3n) is 3.26. The predicted octanol–water partition coefficient (Wildman–Crippen LogP) is 1.36. The van der Waals surface area contributed by atoms with Gasteiger partial charge in [-0.15, -0.1) is 5.10 Å². The minimum atomic E-state index is -0.157. The Morgan fingerprint density at radius 2 is 1.95 bits per heavy atom. The Morgan fingerprint density at radius 3 is 2.65 bits per heavy atom. The second kappa shape index (κ2) is 4.88. The molecule has 0 atom stereocenters. The molecule has 3 rings (SSSR count). The van der Waals surface area contributed by atoms with E-state index in [1.807, 2.05) is 38.1 Å². The Balaban J connectivity index is 2.02. The molecule has 1 aromatic carbocycles. The normalized spacial score (nSPS) is 11.1. The maximum atomic E-state index is 12.3. The van der Waals surface area contributed by atoms with Crippen LogP contribution in [0.15, 0.2) is 35.4 Å². The van der Waals surface area contributed by atoms with E-state index < -0.39 is 0 Å². The highest BCUT2D eigenvalue weighted by Crippen LogP contribution is 2.06. The highest BCUT2D eigenvalue weighted by atomic mass is 16.1. The SMILES string of the molecule is CCn1nnc2c(=O)n(Cc3ccc(C)cc3)cnc21. The van der Waals surface area contributed by atoms with Crippen molar-refractivity contribution in [2.45, 2.75) is 26.9 Å². The monoisotopic (exact) mass is 269 g/mol. The van der Waals surface area contributed by atoms with E-state index in [9.17, 15) is 4.79 Å². The Labute approximate surface area is 115 Å². The molecule has 0 amide bonds. The van der Waals surface area contributed by atoms with Crippen molar-refractivity contribution in [1.29, 1.82) is 0 Å². The molecule has 3 aromatic rings. The van der Waals surface area contributed by atoms with E-state index in [0.29, 0.717) is 24.3 Å². The van der Waals surface area contributed by atoms with Gasteiger partial charge in [0.1, 0.15) is 6.33 Å². The van der Waals surface area contributed by atoms with Gasteiger partial charge in [-0.1, -0.05) is 35.0 Å². The molecule has 0 fully saturated rings. The maximum absolute atomic E-state index is 12.3. The summed E-state index contributed by atoms with van der Waals surface area (Å²) in [7, 11) is 0. The van der Waals surface area contributed by atoms with Gasteiger partial charge in [-0.3, -0.25) is 9.36 Å². The molecule has 0 saturated carbocycles. The Hall–Kier alpha value is -2.50. The van der Waals surface area contributed by atoms with Crippen molar-refractivity contribution >= 4 is 11.2 Å². The zero-order valence-electron chi connectivity index (χ0n) is 11.4. The van der Waals surface area contributed by atoms with Crippen LogP contribution in [-0.4, -0.2) is 24.5 Å². The quantitative estimate of drug-likeness (QED) is 0.720. The molecule has 0 aliphatic heterocycles. The van der Waals surface area contributed by atoms with Crippen LogP contribution in [0.2, 0.25) is 0 Å². The zero-order chi connectivity index (χ0) is 14.1. The maximum Gasteiger partial charge on any atom is 0.283 e. The van der Waals surface area contributed by atoms with Gasteiger partial charge in [0.15, 0.2) is 11.2 Å². The number of aromatic nitrogens is 5. The van der Waals surface area contributed by atoms with E-state index in [-0.39, 0.29) is 5.56 Å². The molecule has 0 aliphatic rings. The molecule has 0 bridgehead atoms. The van der Waals surface area contributed by atoms with Crippen LogP contribution in [0.5, 0.6) is 0 Å². The summed E-state index contributed by atoms with van der Waals surface area (Å²) in [6, 6.07) is 8.07. The number of hydrogen-bond donors (Lipinski definition) is 0. The minimum Gasteiger partial charge on any atom is -0.293 e. The smallest absolute Gasteiger partial charge is 0.283 e. The van der Waals surface area contributed by atoms with E-state index in [2.05, 4.69) is 15.3 Å². The number of rotatable bonds is 3. The van der Waals surface area contributed by atoms with Crippen LogP contribution in [0.25, 0.3) is 11.2 Å². The summed E-state index contributed by atoms with van der Waals surface area (Å²) in [4.78, 5) is 16.6. The number of benzene rings is 1. The van der Waals surface area contributed by atoms with Crippen LogP contribution in [0.4, 0.5) is 0 Å². The van der Waals surface area contributed by atoms with Gasteiger partial charge in [0, 0.05) is 6.54 Å². The molecule has 0 saturated heterocycles. The molecular weight excluding hydrogens is 254 g/mol. The molecular formula is C14H15N5O. The molecule has 0 unspecified atom stereocenters. The summed E-state index contributed by atoms with van der Waals surface area (Å²) in [6.07, 6.45) is 1.56. The largest absolute Gasteiger partial charge is 0.293 e. The van der Waals surface area contributed by atoms with Crippen molar-refractivity contribution in [3.63, 3.8) is 0 Å². The molecule has 6 heteroatoms. The molecule has 20 heavy (non-hydrogen) atoms. The lowest BCUT2D eigenvalue weighted by Crippen LogP contribution is -2.21. The second-order valence-electron chi connectivity index (χ2n) is 4.74. The van der Waals surface area contributed by atoms with Crippen molar-refractivity contribution in [1.82, 2.24) is 24.5 Å². The fourth-order valence-corrected chi connectivity index (χ4v) is 2.10. The highest BCUT2D eigenvalue weighted by molar-refractivity contribution is 5.67. The van der Waals surface area contributed by atoms with Gasteiger partial charge in [0.05, 0.1) is 6.54 Å². The van der Waals surface area contributed by atoms with Gasteiger partial charge in [-0.2, -0.15) is 0 Å². The topological polar surface area (TPSA) is 65.6 Å². The molecule has 102 valence electrons. The third kappa shape index (κ3) is 2.09.